The minimum absolute atomic E-state index is 0.240. The zero-order chi connectivity index (χ0) is 15.4. The standard InChI is InChI=1S/C19H24BrN/c1-5-14-8-9-15(6-2)18(11-14)19(21-4)17-12-16(20)10-7-13(17)3/h7-12,19,21H,5-6H2,1-4H3. The molecule has 1 unspecified atom stereocenters. The fourth-order valence-electron chi connectivity index (χ4n) is 2.86. The number of nitrogens with one attached hydrogen (secondary N) is 1. The summed E-state index contributed by atoms with van der Waals surface area (Å²) < 4.78 is 1.13. The van der Waals surface area contributed by atoms with Crippen molar-refractivity contribution in [3.05, 3.63) is 68.7 Å². The summed E-state index contributed by atoms with van der Waals surface area (Å²) in [4.78, 5) is 0. The van der Waals surface area contributed by atoms with Crippen LogP contribution < -0.4 is 5.32 Å². The Morgan fingerprint density at radius 2 is 1.76 bits per heavy atom. The predicted molar refractivity (Wildman–Crippen MR) is 95.0 cm³/mol. The van der Waals surface area contributed by atoms with Gasteiger partial charge < -0.3 is 5.32 Å². The highest BCUT2D eigenvalue weighted by molar-refractivity contribution is 9.10. The van der Waals surface area contributed by atoms with Crippen LogP contribution in [0, 0.1) is 6.92 Å². The minimum Gasteiger partial charge on any atom is -0.309 e. The maximum absolute atomic E-state index is 3.60. The van der Waals surface area contributed by atoms with Crippen LogP contribution in [0.2, 0.25) is 0 Å². The van der Waals surface area contributed by atoms with Crippen LogP contribution in [0.15, 0.2) is 40.9 Å². The highest BCUT2D eigenvalue weighted by Gasteiger charge is 2.17. The van der Waals surface area contributed by atoms with Gasteiger partial charge in [0.1, 0.15) is 0 Å². The van der Waals surface area contributed by atoms with Crippen LogP contribution in [0.3, 0.4) is 0 Å². The van der Waals surface area contributed by atoms with E-state index in [4.69, 9.17) is 0 Å². The SMILES string of the molecule is CCc1ccc(CC)c(C(NC)c2cc(Br)ccc2C)c1. The van der Waals surface area contributed by atoms with E-state index in [1.807, 2.05) is 7.05 Å². The van der Waals surface area contributed by atoms with E-state index in [1.54, 1.807) is 0 Å². The molecular weight excluding hydrogens is 322 g/mol. The zero-order valence-electron chi connectivity index (χ0n) is 13.3. The first-order valence-corrected chi connectivity index (χ1v) is 8.45. The van der Waals surface area contributed by atoms with Gasteiger partial charge in [-0.05, 0) is 66.8 Å². The van der Waals surface area contributed by atoms with E-state index >= 15 is 0 Å². The van der Waals surface area contributed by atoms with Crippen LogP contribution in [0.4, 0.5) is 0 Å². The average Bonchev–Trinajstić information content (AvgIpc) is 2.51. The molecule has 0 fully saturated rings. The molecule has 0 radical (unpaired) electrons. The molecule has 2 rings (SSSR count). The van der Waals surface area contributed by atoms with E-state index in [0.717, 1.165) is 17.3 Å². The van der Waals surface area contributed by atoms with E-state index < -0.39 is 0 Å². The van der Waals surface area contributed by atoms with E-state index in [9.17, 15) is 0 Å². The van der Waals surface area contributed by atoms with Crippen molar-refractivity contribution in [2.24, 2.45) is 0 Å². The van der Waals surface area contributed by atoms with Crippen LogP contribution in [-0.2, 0) is 12.8 Å². The van der Waals surface area contributed by atoms with E-state index in [-0.39, 0.29) is 6.04 Å². The van der Waals surface area contributed by atoms with Gasteiger partial charge in [-0.2, -0.15) is 0 Å². The summed E-state index contributed by atoms with van der Waals surface area (Å²) >= 11 is 3.60. The smallest absolute Gasteiger partial charge is 0.0580 e. The van der Waals surface area contributed by atoms with Gasteiger partial charge in [0, 0.05) is 4.47 Å². The number of benzene rings is 2. The molecule has 0 amide bonds. The van der Waals surface area contributed by atoms with Crippen molar-refractivity contribution in [1.29, 1.82) is 0 Å². The highest BCUT2D eigenvalue weighted by Crippen LogP contribution is 2.30. The second kappa shape index (κ2) is 7.24. The third kappa shape index (κ3) is 3.56. The molecule has 1 nitrogen and oxygen atoms in total. The zero-order valence-corrected chi connectivity index (χ0v) is 14.9. The third-order valence-electron chi connectivity index (χ3n) is 4.15. The van der Waals surface area contributed by atoms with E-state index in [0.29, 0.717) is 0 Å². The topological polar surface area (TPSA) is 12.0 Å². The molecule has 2 aromatic rings. The third-order valence-corrected chi connectivity index (χ3v) is 4.64. The van der Waals surface area contributed by atoms with Gasteiger partial charge in [0.15, 0.2) is 0 Å². The monoisotopic (exact) mass is 345 g/mol. The predicted octanol–water partition coefficient (Wildman–Crippen LogP) is 5.19. The Morgan fingerprint density at radius 3 is 2.38 bits per heavy atom. The number of hydrogen-bond donors (Lipinski definition) is 1. The first kappa shape index (κ1) is 16.3. The van der Waals surface area contributed by atoms with Crippen LogP contribution in [-0.4, -0.2) is 7.05 Å². The summed E-state index contributed by atoms with van der Waals surface area (Å²) in [5.74, 6) is 0. The molecule has 0 bridgehead atoms. The summed E-state index contributed by atoms with van der Waals surface area (Å²) in [5, 5.41) is 3.51. The Morgan fingerprint density at radius 1 is 1.00 bits per heavy atom. The van der Waals surface area contributed by atoms with Crippen molar-refractivity contribution in [3.63, 3.8) is 0 Å². The Bertz CT molecular complexity index is 619. The first-order valence-electron chi connectivity index (χ1n) is 7.65. The van der Waals surface area contributed by atoms with Gasteiger partial charge in [-0.3, -0.25) is 0 Å². The molecule has 21 heavy (non-hydrogen) atoms. The van der Waals surface area contributed by atoms with Crippen LogP contribution >= 0.6 is 15.9 Å². The summed E-state index contributed by atoms with van der Waals surface area (Å²) in [7, 11) is 2.04. The maximum Gasteiger partial charge on any atom is 0.0580 e. The van der Waals surface area contributed by atoms with Gasteiger partial charge in [-0.15, -0.1) is 0 Å². The molecule has 112 valence electrons. The van der Waals surface area contributed by atoms with Gasteiger partial charge in [0.2, 0.25) is 0 Å². The van der Waals surface area contributed by atoms with Crippen molar-refractivity contribution < 1.29 is 0 Å². The molecule has 0 saturated heterocycles. The van der Waals surface area contributed by atoms with Gasteiger partial charge in [-0.1, -0.05) is 54.0 Å². The van der Waals surface area contributed by atoms with Crippen molar-refractivity contribution in [2.45, 2.75) is 39.7 Å². The number of aryl methyl sites for hydroxylation is 3. The normalized spacial score (nSPS) is 12.4. The molecule has 0 aliphatic rings. The van der Waals surface area contributed by atoms with Crippen LogP contribution in [0.5, 0.6) is 0 Å². The van der Waals surface area contributed by atoms with Gasteiger partial charge >= 0.3 is 0 Å². The summed E-state index contributed by atoms with van der Waals surface area (Å²) in [5.41, 5.74) is 6.89. The molecule has 1 atom stereocenters. The molecule has 1 N–H and O–H groups in total. The Kier molecular flexibility index (Phi) is 5.60. The molecule has 0 aromatic heterocycles. The van der Waals surface area contributed by atoms with Crippen molar-refractivity contribution in [1.82, 2.24) is 5.32 Å². The lowest BCUT2D eigenvalue weighted by atomic mass is 9.89. The van der Waals surface area contributed by atoms with Gasteiger partial charge in [0.05, 0.1) is 6.04 Å². The Labute approximate surface area is 136 Å². The molecule has 0 spiro atoms. The lowest BCUT2D eigenvalue weighted by molar-refractivity contribution is 0.678. The van der Waals surface area contributed by atoms with Crippen molar-refractivity contribution in [2.75, 3.05) is 7.05 Å². The molecule has 0 aliphatic carbocycles. The number of hydrogen-bond acceptors (Lipinski definition) is 1. The molecule has 0 aliphatic heterocycles. The molecular formula is C19H24BrN. The van der Waals surface area contributed by atoms with Crippen LogP contribution in [0.25, 0.3) is 0 Å². The Balaban J connectivity index is 2.57. The fraction of sp³-hybridized carbons (Fsp3) is 0.368. The first-order chi connectivity index (χ1) is 10.1. The molecule has 0 saturated carbocycles. The lowest BCUT2D eigenvalue weighted by Gasteiger charge is -2.23. The van der Waals surface area contributed by atoms with Crippen molar-refractivity contribution in [3.8, 4) is 0 Å². The van der Waals surface area contributed by atoms with Crippen molar-refractivity contribution >= 4 is 15.9 Å². The largest absolute Gasteiger partial charge is 0.309 e. The Hall–Kier alpha value is -1.12. The minimum atomic E-state index is 0.240. The highest BCUT2D eigenvalue weighted by atomic mass is 79.9. The maximum atomic E-state index is 3.60. The van der Waals surface area contributed by atoms with Crippen LogP contribution in [0.1, 0.15) is 47.7 Å². The summed E-state index contributed by atoms with van der Waals surface area (Å²) in [6.45, 7) is 6.62. The fourth-order valence-corrected chi connectivity index (χ4v) is 3.23. The van der Waals surface area contributed by atoms with Gasteiger partial charge in [0.25, 0.3) is 0 Å². The number of halogens is 1. The molecule has 2 heteroatoms. The second-order valence-electron chi connectivity index (χ2n) is 5.46. The molecule has 0 heterocycles. The summed E-state index contributed by atoms with van der Waals surface area (Å²) in [6.07, 6.45) is 2.13. The lowest BCUT2D eigenvalue weighted by Crippen LogP contribution is -2.20. The van der Waals surface area contributed by atoms with E-state index in [2.05, 4.69) is 78.4 Å². The number of rotatable bonds is 5. The van der Waals surface area contributed by atoms with E-state index in [1.165, 1.54) is 27.8 Å². The summed E-state index contributed by atoms with van der Waals surface area (Å²) in [6, 6.07) is 13.7. The molecule has 2 aromatic carbocycles. The second-order valence-corrected chi connectivity index (χ2v) is 6.38. The van der Waals surface area contributed by atoms with Gasteiger partial charge in [-0.25, -0.2) is 0 Å². The quantitative estimate of drug-likeness (QED) is 0.785. The average molecular weight is 346 g/mol.